The fraction of sp³-hybridized carbons (Fsp3) is 0.611. The maximum atomic E-state index is 12.1. The molecule has 1 aromatic rings. The Morgan fingerprint density at radius 3 is 2.81 bits per heavy atom. The number of nitrogens with zero attached hydrogens (tertiary/aromatic N) is 1. The Bertz CT molecular complexity index is 412. The number of piperidine rings is 1. The van der Waals surface area contributed by atoms with E-state index in [0.29, 0.717) is 12.5 Å². The lowest BCUT2D eigenvalue weighted by atomic mass is 10.0. The smallest absolute Gasteiger partial charge is 0.222 e. The third kappa shape index (κ3) is 5.88. The number of aryl methyl sites for hydroxylation is 1. The minimum absolute atomic E-state index is 0.287. The number of rotatable bonds is 7. The van der Waals surface area contributed by atoms with Gasteiger partial charge in [0.1, 0.15) is 0 Å². The van der Waals surface area contributed by atoms with Gasteiger partial charge in [0.05, 0.1) is 0 Å². The molecule has 3 heteroatoms. The Morgan fingerprint density at radius 1 is 1.29 bits per heavy atom. The van der Waals surface area contributed by atoms with Crippen molar-refractivity contribution < 1.29 is 4.79 Å². The van der Waals surface area contributed by atoms with Gasteiger partial charge in [0.25, 0.3) is 0 Å². The molecule has 3 nitrogen and oxygen atoms in total. The molecule has 2 rings (SSSR count). The monoisotopic (exact) mass is 288 g/mol. The first-order valence-corrected chi connectivity index (χ1v) is 8.27. The lowest BCUT2D eigenvalue weighted by Crippen LogP contribution is -2.36. The van der Waals surface area contributed by atoms with Crippen molar-refractivity contribution in [3.05, 3.63) is 35.9 Å². The Labute approximate surface area is 128 Å². The van der Waals surface area contributed by atoms with Crippen molar-refractivity contribution in [1.82, 2.24) is 10.2 Å². The van der Waals surface area contributed by atoms with E-state index in [1.54, 1.807) is 0 Å². The highest BCUT2D eigenvalue weighted by Crippen LogP contribution is 2.12. The van der Waals surface area contributed by atoms with Gasteiger partial charge in [-0.05, 0) is 44.2 Å². The summed E-state index contributed by atoms with van der Waals surface area (Å²) < 4.78 is 0. The Balaban J connectivity index is 1.60. The first-order valence-electron chi connectivity index (χ1n) is 8.27. The summed E-state index contributed by atoms with van der Waals surface area (Å²) >= 11 is 0. The number of benzene rings is 1. The van der Waals surface area contributed by atoms with Gasteiger partial charge in [-0.1, -0.05) is 36.8 Å². The van der Waals surface area contributed by atoms with Crippen molar-refractivity contribution >= 4 is 5.91 Å². The van der Waals surface area contributed by atoms with E-state index < -0.39 is 0 Å². The average Bonchev–Trinajstić information content (AvgIpc) is 2.54. The second-order valence-electron chi connectivity index (χ2n) is 6.09. The quantitative estimate of drug-likeness (QED) is 0.836. The lowest BCUT2D eigenvalue weighted by Gasteiger charge is -2.24. The molecule has 1 aliphatic heterocycles. The van der Waals surface area contributed by atoms with Crippen molar-refractivity contribution in [2.24, 2.45) is 0 Å². The van der Waals surface area contributed by atoms with E-state index in [1.807, 2.05) is 18.0 Å². The molecule has 1 unspecified atom stereocenters. The van der Waals surface area contributed by atoms with Crippen LogP contribution in [-0.4, -0.2) is 37.0 Å². The van der Waals surface area contributed by atoms with Crippen LogP contribution in [0.4, 0.5) is 0 Å². The van der Waals surface area contributed by atoms with Crippen LogP contribution in [0.3, 0.4) is 0 Å². The summed E-state index contributed by atoms with van der Waals surface area (Å²) in [5, 5.41) is 3.51. The van der Waals surface area contributed by atoms with Gasteiger partial charge in [0.15, 0.2) is 0 Å². The molecule has 1 aliphatic rings. The summed E-state index contributed by atoms with van der Waals surface area (Å²) in [5.41, 5.74) is 1.35. The highest BCUT2D eigenvalue weighted by molar-refractivity contribution is 5.75. The van der Waals surface area contributed by atoms with E-state index >= 15 is 0 Å². The average molecular weight is 288 g/mol. The SMILES string of the molecule is CN(CCCc1ccccc1)C(=O)CCC1CCCCN1. The Hall–Kier alpha value is -1.35. The molecule has 0 saturated carbocycles. The zero-order valence-corrected chi connectivity index (χ0v) is 13.2. The number of hydrogen-bond donors (Lipinski definition) is 1. The van der Waals surface area contributed by atoms with Crippen molar-refractivity contribution in [1.29, 1.82) is 0 Å². The van der Waals surface area contributed by atoms with Gasteiger partial charge >= 0.3 is 0 Å². The molecule has 0 spiro atoms. The summed E-state index contributed by atoms with van der Waals surface area (Å²) in [6, 6.07) is 11.0. The summed E-state index contributed by atoms with van der Waals surface area (Å²) in [6.07, 6.45) is 7.56. The highest BCUT2D eigenvalue weighted by Gasteiger charge is 2.15. The molecule has 1 fully saturated rings. The molecule has 1 N–H and O–H groups in total. The normalized spacial score (nSPS) is 18.4. The van der Waals surface area contributed by atoms with E-state index in [-0.39, 0.29) is 5.91 Å². The topological polar surface area (TPSA) is 32.3 Å². The molecule has 21 heavy (non-hydrogen) atoms. The first-order chi connectivity index (χ1) is 10.3. The molecular weight excluding hydrogens is 260 g/mol. The molecule has 1 heterocycles. The van der Waals surface area contributed by atoms with Crippen LogP contribution in [0.5, 0.6) is 0 Å². The second kappa shape index (κ2) is 8.83. The summed E-state index contributed by atoms with van der Waals surface area (Å²) in [5.74, 6) is 0.287. The van der Waals surface area contributed by atoms with Crippen LogP contribution in [0.2, 0.25) is 0 Å². The maximum absolute atomic E-state index is 12.1. The number of amides is 1. The standard InChI is InChI=1S/C18H28N2O/c1-20(15-7-10-16-8-3-2-4-9-16)18(21)13-12-17-11-5-6-14-19-17/h2-4,8-9,17,19H,5-7,10-15H2,1H3. The highest BCUT2D eigenvalue weighted by atomic mass is 16.2. The molecule has 1 saturated heterocycles. The molecule has 116 valence electrons. The summed E-state index contributed by atoms with van der Waals surface area (Å²) in [4.78, 5) is 14.0. The molecule has 0 radical (unpaired) electrons. The van der Waals surface area contributed by atoms with E-state index in [4.69, 9.17) is 0 Å². The number of nitrogens with one attached hydrogen (secondary N) is 1. The number of hydrogen-bond acceptors (Lipinski definition) is 2. The van der Waals surface area contributed by atoms with Gasteiger partial charge in [-0.3, -0.25) is 4.79 Å². The number of carbonyl (C=O) groups is 1. The van der Waals surface area contributed by atoms with E-state index in [0.717, 1.165) is 32.4 Å². The molecule has 0 bridgehead atoms. The summed E-state index contributed by atoms with van der Waals surface area (Å²) in [6.45, 7) is 1.97. The predicted octanol–water partition coefficient (Wildman–Crippen LogP) is 3.00. The minimum Gasteiger partial charge on any atom is -0.346 e. The zero-order valence-electron chi connectivity index (χ0n) is 13.2. The van der Waals surface area contributed by atoms with Crippen molar-refractivity contribution in [3.8, 4) is 0 Å². The van der Waals surface area contributed by atoms with Gasteiger partial charge in [0.2, 0.25) is 5.91 Å². The van der Waals surface area contributed by atoms with Gasteiger partial charge in [-0.25, -0.2) is 0 Å². The van der Waals surface area contributed by atoms with Gasteiger partial charge in [0, 0.05) is 26.1 Å². The van der Waals surface area contributed by atoms with Crippen LogP contribution < -0.4 is 5.32 Å². The molecular formula is C18H28N2O. The van der Waals surface area contributed by atoms with Crippen LogP contribution in [0, 0.1) is 0 Å². The maximum Gasteiger partial charge on any atom is 0.222 e. The van der Waals surface area contributed by atoms with Crippen LogP contribution in [0.25, 0.3) is 0 Å². The van der Waals surface area contributed by atoms with Gasteiger partial charge < -0.3 is 10.2 Å². The van der Waals surface area contributed by atoms with Crippen LogP contribution in [0.15, 0.2) is 30.3 Å². The zero-order chi connectivity index (χ0) is 14.9. The Morgan fingerprint density at radius 2 is 2.10 bits per heavy atom. The lowest BCUT2D eigenvalue weighted by molar-refractivity contribution is -0.130. The molecule has 0 aliphatic carbocycles. The van der Waals surface area contributed by atoms with Crippen molar-refractivity contribution in [3.63, 3.8) is 0 Å². The van der Waals surface area contributed by atoms with Crippen LogP contribution >= 0.6 is 0 Å². The van der Waals surface area contributed by atoms with Crippen molar-refractivity contribution in [2.45, 2.75) is 51.0 Å². The number of carbonyl (C=O) groups excluding carboxylic acids is 1. The second-order valence-corrected chi connectivity index (χ2v) is 6.09. The largest absolute Gasteiger partial charge is 0.346 e. The fourth-order valence-corrected chi connectivity index (χ4v) is 2.95. The third-order valence-corrected chi connectivity index (χ3v) is 4.35. The van der Waals surface area contributed by atoms with Crippen LogP contribution in [-0.2, 0) is 11.2 Å². The van der Waals surface area contributed by atoms with Crippen LogP contribution in [0.1, 0.15) is 44.1 Å². The van der Waals surface area contributed by atoms with Gasteiger partial charge in [-0.15, -0.1) is 0 Å². The van der Waals surface area contributed by atoms with E-state index in [1.165, 1.54) is 24.8 Å². The Kier molecular flexibility index (Phi) is 6.74. The molecule has 0 aromatic heterocycles. The first kappa shape index (κ1) is 16.0. The summed E-state index contributed by atoms with van der Waals surface area (Å²) in [7, 11) is 1.93. The van der Waals surface area contributed by atoms with E-state index in [9.17, 15) is 4.79 Å². The predicted molar refractivity (Wildman–Crippen MR) is 87.3 cm³/mol. The molecule has 1 amide bonds. The molecule has 1 aromatic carbocycles. The van der Waals surface area contributed by atoms with E-state index in [2.05, 4.69) is 29.6 Å². The fourth-order valence-electron chi connectivity index (χ4n) is 2.95. The minimum atomic E-state index is 0.287. The van der Waals surface area contributed by atoms with Gasteiger partial charge in [-0.2, -0.15) is 0 Å². The third-order valence-electron chi connectivity index (χ3n) is 4.35. The molecule has 1 atom stereocenters. The van der Waals surface area contributed by atoms with Crippen molar-refractivity contribution in [2.75, 3.05) is 20.1 Å².